The van der Waals surface area contributed by atoms with Crippen molar-refractivity contribution in [3.05, 3.63) is 153 Å². The molecule has 0 spiro atoms. The molecule has 0 amide bonds. The smallest absolute Gasteiger partial charge is 0.287 e. The maximum absolute atomic E-state index is 9.34. The third-order valence-electron chi connectivity index (χ3n) is 11.8. The standard InChI is InChI=1S/C46H28B2N2O3S2/c1-24-25(2)55-45-38(24)48-40-32(50(45)27-13-4-3-5-14-27)18-10-20-34(40)52-46-41(48)42-35(53-46)23-36-44(49-42)47-31-21-22-54-43(31)37(30-17-9-19-33(51-36)39(30)47)29-16-8-12-26-11-6-7-15-28(26)29/h3-23,37H,1-2H3/i6D,7D,8D,11D,12D,15D,16D. The molecule has 5 nitrogen and oxygen atoms in total. The molecule has 4 aromatic heterocycles. The predicted molar refractivity (Wildman–Crippen MR) is 228 cm³/mol. The number of fused-ring (bicyclic) bond motifs is 11. The Morgan fingerprint density at radius 3 is 2.51 bits per heavy atom. The van der Waals surface area contributed by atoms with Crippen LogP contribution in [0.1, 0.15) is 42.0 Å². The fourth-order valence-electron chi connectivity index (χ4n) is 9.40. The first-order valence-corrected chi connectivity index (χ1v) is 19.8. The van der Waals surface area contributed by atoms with Gasteiger partial charge >= 0.3 is 0 Å². The van der Waals surface area contributed by atoms with Gasteiger partial charge in [0.15, 0.2) is 5.58 Å². The molecule has 9 heteroatoms. The molecule has 1 atom stereocenters. The van der Waals surface area contributed by atoms with E-state index in [9.17, 15) is 1.37 Å². The average Bonchev–Trinajstić information content (AvgIpc) is 3.99. The minimum Gasteiger partial charge on any atom is -0.457 e. The van der Waals surface area contributed by atoms with Gasteiger partial charge in [0.05, 0.1) is 20.2 Å². The number of para-hydroxylation sites is 1. The van der Waals surface area contributed by atoms with E-state index in [-0.39, 0.29) is 35.1 Å². The van der Waals surface area contributed by atoms with E-state index in [0.29, 0.717) is 34.1 Å². The Balaban J connectivity index is 1.04. The molecular weight excluding hydrogens is 714 g/mol. The highest BCUT2D eigenvalue weighted by Gasteiger charge is 2.49. The van der Waals surface area contributed by atoms with Crippen LogP contribution in [0, 0.1) is 13.8 Å². The van der Waals surface area contributed by atoms with Gasteiger partial charge in [-0.2, -0.15) is 0 Å². The highest BCUT2D eigenvalue weighted by atomic mass is 32.1. The molecule has 8 heterocycles. The molecule has 0 radical (unpaired) electrons. The van der Waals surface area contributed by atoms with Gasteiger partial charge in [-0.15, -0.1) is 22.7 Å². The van der Waals surface area contributed by atoms with Crippen LogP contribution >= 0.6 is 22.7 Å². The number of rotatable bonds is 2. The van der Waals surface area contributed by atoms with Gasteiger partial charge in [0.2, 0.25) is 0 Å². The number of hydrogen-bond donors (Lipinski definition) is 0. The van der Waals surface area contributed by atoms with E-state index >= 15 is 0 Å². The van der Waals surface area contributed by atoms with Crippen molar-refractivity contribution in [2.45, 2.75) is 19.8 Å². The van der Waals surface area contributed by atoms with Gasteiger partial charge < -0.3 is 18.8 Å². The first kappa shape index (κ1) is 24.4. The predicted octanol–water partition coefficient (Wildman–Crippen LogP) is 8.24. The molecule has 5 aromatic carbocycles. The first-order chi connectivity index (χ1) is 30.0. The van der Waals surface area contributed by atoms with Crippen molar-refractivity contribution in [2.24, 2.45) is 0 Å². The Morgan fingerprint density at radius 2 is 1.60 bits per heavy atom. The molecule has 0 saturated heterocycles. The highest BCUT2D eigenvalue weighted by molar-refractivity contribution is 7.20. The minimum atomic E-state index is -0.688. The number of aryl methyl sites for hydroxylation is 1. The van der Waals surface area contributed by atoms with E-state index in [1.807, 2.05) is 47.8 Å². The van der Waals surface area contributed by atoms with E-state index in [0.717, 1.165) is 54.4 Å². The van der Waals surface area contributed by atoms with E-state index < -0.39 is 42.8 Å². The number of nitrogens with zero attached hydrogens (tertiary/aromatic N) is 2. The third-order valence-corrected chi connectivity index (χ3v) is 14.0. The molecule has 4 aliphatic rings. The zero-order valence-electron chi connectivity index (χ0n) is 36.3. The van der Waals surface area contributed by atoms with Crippen molar-refractivity contribution in [3.8, 4) is 23.2 Å². The third kappa shape index (κ3) is 3.91. The maximum Gasteiger partial charge on any atom is 0.287 e. The topological polar surface area (TPSA) is 47.7 Å². The second-order valence-corrected chi connectivity index (χ2v) is 16.6. The molecule has 0 fully saturated rings. The largest absolute Gasteiger partial charge is 0.457 e. The van der Waals surface area contributed by atoms with Crippen molar-refractivity contribution < 1.29 is 23.5 Å². The van der Waals surface area contributed by atoms with E-state index in [2.05, 4.69) is 55.1 Å². The zero-order chi connectivity index (χ0) is 42.2. The summed E-state index contributed by atoms with van der Waals surface area (Å²) in [4.78, 5) is 9.98. The Kier molecular flexibility index (Phi) is 4.80. The van der Waals surface area contributed by atoms with Crippen LogP contribution in [-0.2, 0) is 0 Å². The highest BCUT2D eigenvalue weighted by Crippen LogP contribution is 2.47. The first-order valence-electron chi connectivity index (χ1n) is 21.6. The lowest BCUT2D eigenvalue weighted by atomic mass is 9.33. The van der Waals surface area contributed by atoms with Crippen molar-refractivity contribution in [3.63, 3.8) is 0 Å². The SMILES string of the molecule is [2H]c1c([2H])c([2H])c2c(C3c4cccc5c4B(c4ccsc43)c3nc4c6c(oc4cc3O5)Oc3cccc4c3B6c3c(sc(C)c3C)N4c3ccccc3)c([2H])c([2H])c([2H])c2c1[2H]. The van der Waals surface area contributed by atoms with Crippen LogP contribution in [0.15, 0.2) is 131 Å². The lowest BCUT2D eigenvalue weighted by Gasteiger charge is -2.37. The van der Waals surface area contributed by atoms with Gasteiger partial charge in [-0.25, -0.2) is 0 Å². The van der Waals surface area contributed by atoms with Crippen molar-refractivity contribution in [2.75, 3.05) is 4.90 Å². The molecule has 13 rings (SSSR count). The summed E-state index contributed by atoms with van der Waals surface area (Å²) in [6, 6.07) is 23.6. The van der Waals surface area contributed by atoms with Gasteiger partial charge in [-0.05, 0) is 93.4 Å². The fraction of sp³-hybridized carbons (Fsp3) is 0.0652. The van der Waals surface area contributed by atoms with Crippen molar-refractivity contribution in [1.82, 2.24) is 4.98 Å². The lowest BCUT2D eigenvalue weighted by molar-refractivity contribution is 0.364. The van der Waals surface area contributed by atoms with Crippen molar-refractivity contribution >= 4 is 107 Å². The molecule has 0 N–H and O–H groups in total. The Bertz CT molecular complexity index is 3530. The molecule has 4 aliphatic heterocycles. The van der Waals surface area contributed by atoms with E-state index in [1.54, 1.807) is 11.3 Å². The number of anilines is 3. The molecule has 9 aromatic rings. The van der Waals surface area contributed by atoms with Crippen LogP contribution in [0.2, 0.25) is 0 Å². The zero-order valence-corrected chi connectivity index (χ0v) is 30.9. The molecule has 0 aliphatic carbocycles. The number of aromatic nitrogens is 1. The summed E-state index contributed by atoms with van der Waals surface area (Å²) in [7, 11) is 0. The molecule has 0 saturated carbocycles. The summed E-state index contributed by atoms with van der Waals surface area (Å²) in [5, 5.41) is 3.16. The van der Waals surface area contributed by atoms with Gasteiger partial charge in [0.1, 0.15) is 22.8 Å². The summed E-state index contributed by atoms with van der Waals surface area (Å²) in [5.41, 5.74) is 11.1. The summed E-state index contributed by atoms with van der Waals surface area (Å²) in [5.74, 6) is 1.58. The molecule has 0 bridgehead atoms. The van der Waals surface area contributed by atoms with Crippen LogP contribution in [0.3, 0.4) is 0 Å². The maximum atomic E-state index is 9.34. The van der Waals surface area contributed by atoms with E-state index in [4.69, 9.17) is 27.1 Å². The summed E-state index contributed by atoms with van der Waals surface area (Å²) >= 11 is 3.27. The molecule has 55 heavy (non-hydrogen) atoms. The number of pyridine rings is 1. The second kappa shape index (κ2) is 10.8. The quantitative estimate of drug-likeness (QED) is 0.167. The Morgan fingerprint density at radius 1 is 0.764 bits per heavy atom. The number of thiophene rings is 2. The summed E-state index contributed by atoms with van der Waals surface area (Å²) in [6.45, 7) is 3.73. The number of benzene rings is 5. The summed E-state index contributed by atoms with van der Waals surface area (Å²) in [6.07, 6.45) is 0. The van der Waals surface area contributed by atoms with Gasteiger partial charge in [-0.3, -0.25) is 4.98 Å². The van der Waals surface area contributed by atoms with Crippen LogP contribution < -0.4 is 47.3 Å². The summed E-state index contributed by atoms with van der Waals surface area (Å²) < 4.78 is 82.0. The number of furan rings is 1. The molecule has 258 valence electrons. The van der Waals surface area contributed by atoms with Crippen LogP contribution in [0.5, 0.6) is 23.2 Å². The lowest BCUT2D eigenvalue weighted by Crippen LogP contribution is -2.61. The fourth-order valence-corrected chi connectivity index (χ4v) is 11.7. The van der Waals surface area contributed by atoms with E-state index in [1.165, 1.54) is 27.2 Å². The molecule has 1 unspecified atom stereocenters. The Labute approximate surface area is 335 Å². The Hall–Kier alpha value is -6.02. The van der Waals surface area contributed by atoms with Gasteiger partial charge in [0.25, 0.3) is 19.4 Å². The number of ether oxygens (including phenoxy) is 2. The van der Waals surface area contributed by atoms with Crippen molar-refractivity contribution in [1.29, 1.82) is 0 Å². The van der Waals surface area contributed by atoms with Crippen LogP contribution in [0.4, 0.5) is 16.4 Å². The molecular formula is C46H28B2N2O3S2. The van der Waals surface area contributed by atoms with Crippen LogP contribution in [0.25, 0.3) is 21.9 Å². The minimum absolute atomic E-state index is 0.0619. The number of hydrogen-bond acceptors (Lipinski definition) is 7. The second-order valence-electron chi connectivity index (χ2n) is 14.4. The monoisotopic (exact) mass is 749 g/mol. The van der Waals surface area contributed by atoms with Gasteiger partial charge in [0, 0.05) is 38.6 Å². The van der Waals surface area contributed by atoms with Gasteiger partial charge in [-0.1, -0.05) is 90.2 Å². The average molecular weight is 750 g/mol. The normalized spacial score (nSPS) is 17.2. The van der Waals surface area contributed by atoms with Crippen LogP contribution in [-0.4, -0.2) is 18.4 Å².